The van der Waals surface area contributed by atoms with Gasteiger partial charge in [-0.25, -0.2) is 0 Å². The predicted octanol–water partition coefficient (Wildman–Crippen LogP) is 3.38. The van der Waals surface area contributed by atoms with E-state index in [1.165, 1.54) is 36.8 Å². The van der Waals surface area contributed by atoms with Crippen LogP contribution >= 0.6 is 0 Å². The van der Waals surface area contributed by atoms with Gasteiger partial charge in [0.05, 0.1) is 0 Å². The van der Waals surface area contributed by atoms with E-state index in [0.29, 0.717) is 5.92 Å². The van der Waals surface area contributed by atoms with Crippen molar-refractivity contribution in [2.45, 2.75) is 44.1 Å². The van der Waals surface area contributed by atoms with E-state index in [1.54, 1.807) is 0 Å². The normalized spacial score (nSPS) is 25.9. The summed E-state index contributed by atoms with van der Waals surface area (Å²) in [6.45, 7) is 1.81. The Morgan fingerprint density at radius 3 is 2.50 bits per heavy atom. The van der Waals surface area contributed by atoms with Gasteiger partial charge in [0.15, 0.2) is 0 Å². The molecule has 1 aliphatic heterocycles. The fourth-order valence-corrected chi connectivity index (χ4v) is 3.02. The van der Waals surface area contributed by atoms with Crippen molar-refractivity contribution >= 4 is 0 Å². The van der Waals surface area contributed by atoms with Crippen molar-refractivity contribution < 1.29 is 4.74 Å². The zero-order valence-electron chi connectivity index (χ0n) is 11.0. The molecule has 2 N–H and O–H groups in total. The highest BCUT2D eigenvalue weighted by Gasteiger charge is 2.21. The zero-order chi connectivity index (χ0) is 12.4. The first-order valence-electron chi connectivity index (χ1n) is 7.26. The average Bonchev–Trinajstić information content (AvgIpc) is 2.80. The van der Waals surface area contributed by atoms with Gasteiger partial charge in [0.2, 0.25) is 0 Å². The Morgan fingerprint density at radius 1 is 1.17 bits per heavy atom. The molecule has 18 heavy (non-hydrogen) atoms. The molecule has 1 heterocycles. The summed E-state index contributed by atoms with van der Waals surface area (Å²) in [7, 11) is 0. The van der Waals surface area contributed by atoms with Crippen LogP contribution in [0.3, 0.4) is 0 Å². The van der Waals surface area contributed by atoms with E-state index in [9.17, 15) is 0 Å². The highest BCUT2D eigenvalue weighted by molar-refractivity contribution is 5.28. The monoisotopic (exact) mass is 245 g/mol. The maximum Gasteiger partial charge on any atom is 0.0495 e. The van der Waals surface area contributed by atoms with Crippen molar-refractivity contribution in [3.63, 3.8) is 0 Å². The van der Waals surface area contributed by atoms with E-state index in [4.69, 9.17) is 10.5 Å². The minimum atomic E-state index is 0.173. The smallest absolute Gasteiger partial charge is 0.0495 e. The quantitative estimate of drug-likeness (QED) is 0.882. The van der Waals surface area contributed by atoms with Crippen molar-refractivity contribution in [1.29, 1.82) is 0 Å². The molecule has 2 unspecified atom stereocenters. The third-order valence-corrected chi connectivity index (χ3v) is 4.55. The fourth-order valence-electron chi connectivity index (χ4n) is 3.02. The highest BCUT2D eigenvalue weighted by Crippen LogP contribution is 2.36. The lowest BCUT2D eigenvalue weighted by Gasteiger charge is -2.26. The third-order valence-electron chi connectivity index (χ3n) is 4.55. The van der Waals surface area contributed by atoms with Gasteiger partial charge in [0.25, 0.3) is 0 Å². The molecule has 0 amide bonds. The van der Waals surface area contributed by atoms with Gasteiger partial charge < -0.3 is 10.5 Å². The van der Waals surface area contributed by atoms with Crippen LogP contribution in [0, 0.1) is 5.92 Å². The van der Waals surface area contributed by atoms with E-state index in [-0.39, 0.29) is 6.04 Å². The van der Waals surface area contributed by atoms with Crippen LogP contribution in [0.5, 0.6) is 0 Å². The molecule has 2 fully saturated rings. The Balaban J connectivity index is 1.60. The molecule has 1 aliphatic carbocycles. The molecule has 1 aromatic rings. The molecule has 3 rings (SSSR count). The minimum absolute atomic E-state index is 0.173. The van der Waals surface area contributed by atoms with Crippen molar-refractivity contribution in [2.24, 2.45) is 11.7 Å². The fraction of sp³-hybridized carbons (Fsp3) is 0.625. The van der Waals surface area contributed by atoms with Crippen LogP contribution in [0.25, 0.3) is 0 Å². The van der Waals surface area contributed by atoms with Gasteiger partial charge in [-0.3, -0.25) is 0 Å². The second kappa shape index (κ2) is 5.41. The molecular formula is C16H23NO. The summed E-state index contributed by atoms with van der Waals surface area (Å²) < 4.78 is 5.41. The molecule has 2 atom stereocenters. The number of hydrogen-bond donors (Lipinski definition) is 1. The first-order chi connectivity index (χ1) is 8.83. The maximum absolute atomic E-state index is 6.29. The lowest BCUT2D eigenvalue weighted by Crippen LogP contribution is -2.16. The van der Waals surface area contributed by atoms with E-state index in [0.717, 1.165) is 25.6 Å². The summed E-state index contributed by atoms with van der Waals surface area (Å²) in [6, 6.07) is 9.20. The molecule has 2 nitrogen and oxygen atoms in total. The largest absolute Gasteiger partial charge is 0.381 e. The Labute approximate surface area is 110 Å². The van der Waals surface area contributed by atoms with Crippen molar-refractivity contribution in [2.75, 3.05) is 13.2 Å². The summed E-state index contributed by atoms with van der Waals surface area (Å²) in [6.07, 6.45) is 6.36. The Bertz CT molecular complexity index is 377. The van der Waals surface area contributed by atoms with E-state index in [1.807, 2.05) is 0 Å². The third kappa shape index (κ3) is 2.60. The Hall–Kier alpha value is -0.860. The number of rotatable bonds is 4. The summed E-state index contributed by atoms with van der Waals surface area (Å²) in [4.78, 5) is 0. The molecule has 1 aromatic carbocycles. The maximum atomic E-state index is 6.29. The number of benzene rings is 1. The van der Waals surface area contributed by atoms with E-state index in [2.05, 4.69) is 24.3 Å². The number of ether oxygens (including phenoxy) is 1. The van der Waals surface area contributed by atoms with Gasteiger partial charge in [-0.15, -0.1) is 0 Å². The predicted molar refractivity (Wildman–Crippen MR) is 73.5 cm³/mol. The first-order valence-corrected chi connectivity index (χ1v) is 7.26. The van der Waals surface area contributed by atoms with E-state index < -0.39 is 0 Å². The first kappa shape index (κ1) is 12.2. The molecule has 98 valence electrons. The second-order valence-electron chi connectivity index (χ2n) is 5.87. The van der Waals surface area contributed by atoms with Gasteiger partial charge in [-0.2, -0.15) is 0 Å². The van der Waals surface area contributed by atoms with Crippen LogP contribution in [0.1, 0.15) is 55.2 Å². The van der Waals surface area contributed by atoms with Gasteiger partial charge in [0.1, 0.15) is 0 Å². The van der Waals surface area contributed by atoms with Crippen LogP contribution in [0.2, 0.25) is 0 Å². The average molecular weight is 245 g/mol. The molecule has 2 aliphatic rings. The minimum Gasteiger partial charge on any atom is -0.381 e. The van der Waals surface area contributed by atoms with Gasteiger partial charge in [-0.05, 0) is 48.6 Å². The summed E-state index contributed by atoms with van der Waals surface area (Å²) in [5, 5.41) is 0. The molecular weight excluding hydrogens is 222 g/mol. The van der Waals surface area contributed by atoms with Crippen LogP contribution in [-0.4, -0.2) is 13.2 Å². The van der Waals surface area contributed by atoms with Crippen molar-refractivity contribution in [3.05, 3.63) is 35.4 Å². The Morgan fingerprint density at radius 2 is 1.94 bits per heavy atom. The number of nitrogens with two attached hydrogens (primary N) is 1. The Kier molecular flexibility index (Phi) is 3.67. The summed E-state index contributed by atoms with van der Waals surface area (Å²) >= 11 is 0. The van der Waals surface area contributed by atoms with Gasteiger partial charge in [-0.1, -0.05) is 30.7 Å². The van der Waals surface area contributed by atoms with Gasteiger partial charge in [0, 0.05) is 19.3 Å². The van der Waals surface area contributed by atoms with Crippen LogP contribution < -0.4 is 5.73 Å². The standard InChI is InChI=1S/C16H23NO/c17-16(10-12-8-9-18-11-12)15-6-4-14(5-7-15)13-2-1-3-13/h4-7,12-13,16H,1-3,8-11,17H2. The summed E-state index contributed by atoms with van der Waals surface area (Å²) in [5.74, 6) is 1.48. The SMILES string of the molecule is NC(CC1CCOC1)c1ccc(C2CCC2)cc1. The lowest BCUT2D eigenvalue weighted by molar-refractivity contribution is 0.182. The molecule has 2 heteroatoms. The molecule has 0 radical (unpaired) electrons. The molecule has 0 spiro atoms. The molecule has 0 aromatic heterocycles. The second-order valence-corrected chi connectivity index (χ2v) is 5.87. The summed E-state index contributed by atoms with van der Waals surface area (Å²) in [5.41, 5.74) is 9.08. The van der Waals surface area contributed by atoms with Crippen LogP contribution in [0.15, 0.2) is 24.3 Å². The van der Waals surface area contributed by atoms with Crippen molar-refractivity contribution in [3.8, 4) is 0 Å². The zero-order valence-corrected chi connectivity index (χ0v) is 11.0. The highest BCUT2D eigenvalue weighted by atomic mass is 16.5. The molecule has 1 saturated carbocycles. The number of hydrogen-bond acceptors (Lipinski definition) is 2. The van der Waals surface area contributed by atoms with Crippen LogP contribution in [0.4, 0.5) is 0 Å². The van der Waals surface area contributed by atoms with Gasteiger partial charge >= 0.3 is 0 Å². The topological polar surface area (TPSA) is 35.2 Å². The van der Waals surface area contributed by atoms with E-state index >= 15 is 0 Å². The molecule has 0 bridgehead atoms. The lowest BCUT2D eigenvalue weighted by atomic mass is 9.79. The molecule has 1 saturated heterocycles. The van der Waals surface area contributed by atoms with Crippen molar-refractivity contribution in [1.82, 2.24) is 0 Å². The van der Waals surface area contributed by atoms with Crippen LogP contribution in [-0.2, 0) is 4.74 Å².